The number of aryl methyl sites for hydroxylation is 1. The number of carbonyl (C=O) groups is 1. The highest BCUT2D eigenvalue weighted by atomic mass is 19.4. The summed E-state index contributed by atoms with van der Waals surface area (Å²) in [4.78, 5) is 12.3. The zero-order valence-corrected chi connectivity index (χ0v) is 17.6. The van der Waals surface area contributed by atoms with Crippen molar-refractivity contribution in [3.8, 4) is 0 Å². The molecule has 0 saturated heterocycles. The summed E-state index contributed by atoms with van der Waals surface area (Å²) in [7, 11) is 0. The van der Waals surface area contributed by atoms with Gasteiger partial charge in [0.1, 0.15) is 0 Å². The molecule has 0 radical (unpaired) electrons. The third-order valence-electron chi connectivity index (χ3n) is 5.19. The number of halogens is 3. The SMILES string of the molecule is Cc1nn(Cc2ccccc2)c(C)c1CNC(=O)NC(C)c1cccc(C(F)(F)F)c1. The van der Waals surface area contributed by atoms with Gasteiger partial charge in [0.2, 0.25) is 0 Å². The van der Waals surface area contributed by atoms with Crippen molar-refractivity contribution in [1.29, 1.82) is 0 Å². The maximum absolute atomic E-state index is 12.9. The number of benzene rings is 2. The van der Waals surface area contributed by atoms with Crippen molar-refractivity contribution < 1.29 is 18.0 Å². The van der Waals surface area contributed by atoms with E-state index in [-0.39, 0.29) is 6.54 Å². The second-order valence-corrected chi connectivity index (χ2v) is 7.46. The quantitative estimate of drug-likeness (QED) is 0.570. The van der Waals surface area contributed by atoms with Crippen LogP contribution in [-0.4, -0.2) is 15.8 Å². The second kappa shape index (κ2) is 9.24. The van der Waals surface area contributed by atoms with E-state index >= 15 is 0 Å². The van der Waals surface area contributed by atoms with E-state index in [4.69, 9.17) is 0 Å². The lowest BCUT2D eigenvalue weighted by molar-refractivity contribution is -0.137. The van der Waals surface area contributed by atoms with E-state index in [1.54, 1.807) is 13.0 Å². The Labute approximate surface area is 179 Å². The topological polar surface area (TPSA) is 59.0 Å². The molecule has 1 heterocycles. The molecule has 0 fully saturated rings. The van der Waals surface area contributed by atoms with Gasteiger partial charge in [0.25, 0.3) is 0 Å². The van der Waals surface area contributed by atoms with Gasteiger partial charge in [-0.05, 0) is 44.0 Å². The molecular weight excluding hydrogens is 405 g/mol. The molecule has 0 aliphatic carbocycles. The van der Waals surface area contributed by atoms with Gasteiger partial charge in [0.05, 0.1) is 23.8 Å². The largest absolute Gasteiger partial charge is 0.416 e. The van der Waals surface area contributed by atoms with E-state index in [2.05, 4.69) is 15.7 Å². The zero-order valence-electron chi connectivity index (χ0n) is 17.6. The first-order valence-electron chi connectivity index (χ1n) is 9.93. The van der Waals surface area contributed by atoms with Crippen molar-refractivity contribution in [2.24, 2.45) is 0 Å². The first-order chi connectivity index (χ1) is 14.6. The summed E-state index contributed by atoms with van der Waals surface area (Å²) in [5.74, 6) is 0. The number of hydrogen-bond donors (Lipinski definition) is 2. The van der Waals surface area contributed by atoms with Gasteiger partial charge in [0.15, 0.2) is 0 Å². The Morgan fingerprint density at radius 2 is 1.81 bits per heavy atom. The van der Waals surface area contributed by atoms with Gasteiger partial charge < -0.3 is 10.6 Å². The van der Waals surface area contributed by atoms with Crippen LogP contribution in [0.4, 0.5) is 18.0 Å². The van der Waals surface area contributed by atoms with Crippen LogP contribution < -0.4 is 10.6 Å². The van der Waals surface area contributed by atoms with Crippen LogP contribution in [0, 0.1) is 13.8 Å². The first-order valence-corrected chi connectivity index (χ1v) is 9.93. The van der Waals surface area contributed by atoms with Gasteiger partial charge in [-0.2, -0.15) is 18.3 Å². The summed E-state index contributed by atoms with van der Waals surface area (Å²) in [6, 6.07) is 13.9. The number of urea groups is 1. The Hall–Kier alpha value is -3.29. The summed E-state index contributed by atoms with van der Waals surface area (Å²) in [6.45, 7) is 6.38. The molecule has 2 N–H and O–H groups in total. The summed E-state index contributed by atoms with van der Waals surface area (Å²) in [6.07, 6.45) is -4.42. The zero-order chi connectivity index (χ0) is 22.6. The molecular formula is C23H25F3N4O. The minimum atomic E-state index is -4.42. The molecule has 5 nitrogen and oxygen atoms in total. The third-order valence-corrected chi connectivity index (χ3v) is 5.19. The van der Waals surface area contributed by atoms with E-state index in [0.717, 1.165) is 34.6 Å². The Balaban J connectivity index is 1.61. The molecule has 0 aliphatic heterocycles. The smallest absolute Gasteiger partial charge is 0.334 e. The van der Waals surface area contributed by atoms with Gasteiger partial charge >= 0.3 is 12.2 Å². The molecule has 164 valence electrons. The molecule has 2 amide bonds. The molecule has 8 heteroatoms. The summed E-state index contributed by atoms with van der Waals surface area (Å²) in [5, 5.41) is 10.0. The average molecular weight is 430 g/mol. The number of amides is 2. The minimum absolute atomic E-state index is 0.271. The lowest BCUT2D eigenvalue weighted by Crippen LogP contribution is -2.36. The van der Waals surface area contributed by atoms with Gasteiger partial charge in [0, 0.05) is 17.8 Å². The maximum Gasteiger partial charge on any atom is 0.416 e. The van der Waals surface area contributed by atoms with Crippen LogP contribution in [0.25, 0.3) is 0 Å². The number of rotatable bonds is 6. The summed E-state index contributed by atoms with van der Waals surface area (Å²) in [5.41, 5.74) is 3.45. The van der Waals surface area contributed by atoms with Crippen molar-refractivity contribution in [1.82, 2.24) is 20.4 Å². The number of hydrogen-bond acceptors (Lipinski definition) is 2. The van der Waals surface area contributed by atoms with E-state index < -0.39 is 23.8 Å². The number of alkyl halides is 3. The van der Waals surface area contributed by atoms with Crippen molar-refractivity contribution >= 4 is 6.03 Å². The van der Waals surface area contributed by atoms with E-state index in [1.807, 2.05) is 48.9 Å². The molecule has 0 saturated carbocycles. The molecule has 0 aliphatic rings. The van der Waals surface area contributed by atoms with Gasteiger partial charge in [-0.3, -0.25) is 4.68 Å². The molecule has 1 atom stereocenters. The fraction of sp³-hybridized carbons (Fsp3) is 0.304. The normalized spacial score (nSPS) is 12.5. The number of nitrogens with one attached hydrogen (secondary N) is 2. The van der Waals surface area contributed by atoms with Crippen LogP contribution >= 0.6 is 0 Å². The standard InChI is InChI=1S/C23H25F3N4O/c1-15(19-10-7-11-20(12-19)23(24,25)26)28-22(31)27-13-21-16(2)29-30(17(21)3)14-18-8-5-4-6-9-18/h4-12,15H,13-14H2,1-3H3,(H2,27,28,31). The Morgan fingerprint density at radius 3 is 2.48 bits per heavy atom. The molecule has 3 rings (SSSR count). The van der Waals surface area contributed by atoms with Crippen molar-refractivity contribution in [3.05, 3.63) is 88.2 Å². The van der Waals surface area contributed by atoms with Crippen LogP contribution in [0.2, 0.25) is 0 Å². The lowest BCUT2D eigenvalue weighted by Gasteiger charge is -2.17. The van der Waals surface area contributed by atoms with Crippen LogP contribution in [0.15, 0.2) is 54.6 Å². The molecule has 0 bridgehead atoms. The third kappa shape index (κ3) is 5.65. The van der Waals surface area contributed by atoms with E-state index in [9.17, 15) is 18.0 Å². The monoisotopic (exact) mass is 430 g/mol. The van der Waals surface area contributed by atoms with Gasteiger partial charge in [-0.15, -0.1) is 0 Å². The predicted octanol–water partition coefficient (Wildman–Crippen LogP) is 5.13. The fourth-order valence-electron chi connectivity index (χ4n) is 3.38. The number of aromatic nitrogens is 2. The van der Waals surface area contributed by atoms with E-state index in [1.165, 1.54) is 6.07 Å². The average Bonchev–Trinajstić information content (AvgIpc) is 2.99. The Kier molecular flexibility index (Phi) is 6.68. The van der Waals surface area contributed by atoms with Gasteiger partial charge in [-0.25, -0.2) is 4.79 Å². The number of carbonyl (C=O) groups excluding carboxylic acids is 1. The Morgan fingerprint density at radius 1 is 1.10 bits per heavy atom. The predicted molar refractivity (Wildman–Crippen MR) is 112 cm³/mol. The molecule has 1 aromatic heterocycles. The molecule has 2 aromatic carbocycles. The highest BCUT2D eigenvalue weighted by Crippen LogP contribution is 2.30. The first kappa shape index (κ1) is 22.4. The molecule has 31 heavy (non-hydrogen) atoms. The van der Waals surface area contributed by atoms with Crippen LogP contribution in [-0.2, 0) is 19.3 Å². The summed E-state index contributed by atoms with van der Waals surface area (Å²) < 4.78 is 40.6. The van der Waals surface area contributed by atoms with Crippen LogP contribution in [0.3, 0.4) is 0 Å². The van der Waals surface area contributed by atoms with Crippen molar-refractivity contribution in [2.45, 2.75) is 46.1 Å². The van der Waals surface area contributed by atoms with Crippen molar-refractivity contribution in [2.75, 3.05) is 0 Å². The molecule has 0 spiro atoms. The number of nitrogens with zero attached hydrogens (tertiary/aromatic N) is 2. The van der Waals surface area contributed by atoms with Crippen LogP contribution in [0.5, 0.6) is 0 Å². The van der Waals surface area contributed by atoms with E-state index in [0.29, 0.717) is 12.1 Å². The second-order valence-electron chi connectivity index (χ2n) is 7.46. The summed E-state index contributed by atoms with van der Waals surface area (Å²) >= 11 is 0. The highest BCUT2D eigenvalue weighted by Gasteiger charge is 2.30. The maximum atomic E-state index is 12.9. The molecule has 3 aromatic rings. The lowest BCUT2D eigenvalue weighted by atomic mass is 10.1. The fourth-order valence-corrected chi connectivity index (χ4v) is 3.38. The van der Waals surface area contributed by atoms with Crippen LogP contribution in [0.1, 0.15) is 46.6 Å². The van der Waals surface area contributed by atoms with Gasteiger partial charge in [-0.1, -0.05) is 42.5 Å². The minimum Gasteiger partial charge on any atom is -0.334 e. The van der Waals surface area contributed by atoms with Crippen molar-refractivity contribution in [3.63, 3.8) is 0 Å². The Bertz CT molecular complexity index is 1040. The highest BCUT2D eigenvalue weighted by molar-refractivity contribution is 5.74. The molecule has 1 unspecified atom stereocenters.